The van der Waals surface area contributed by atoms with Crippen molar-refractivity contribution in [3.63, 3.8) is 0 Å². The first kappa shape index (κ1) is 21.8. The van der Waals surface area contributed by atoms with Gasteiger partial charge in [0.05, 0.1) is 16.0 Å². The fourth-order valence-electron chi connectivity index (χ4n) is 2.79. The number of ether oxygens (including phenoxy) is 1. The highest BCUT2D eigenvalue weighted by Gasteiger charge is 2.11. The van der Waals surface area contributed by atoms with Gasteiger partial charge in [-0.2, -0.15) is 0 Å². The third-order valence-corrected chi connectivity index (χ3v) is 6.39. The van der Waals surface area contributed by atoms with E-state index in [1.807, 2.05) is 36.4 Å². The number of amides is 2. The van der Waals surface area contributed by atoms with Crippen molar-refractivity contribution in [1.82, 2.24) is 4.98 Å². The van der Waals surface area contributed by atoms with Crippen LogP contribution in [0.25, 0.3) is 10.2 Å². The second kappa shape index (κ2) is 10.3. The number of rotatable bonds is 8. The Balaban J connectivity index is 1.31. The molecule has 0 bridgehead atoms. The van der Waals surface area contributed by atoms with E-state index in [1.165, 1.54) is 35.2 Å². The summed E-state index contributed by atoms with van der Waals surface area (Å²) < 4.78 is 20.4. The van der Waals surface area contributed by atoms with Crippen molar-refractivity contribution < 1.29 is 18.7 Å². The van der Waals surface area contributed by atoms with E-state index >= 15 is 0 Å². The molecule has 4 rings (SSSR count). The molecule has 1 heterocycles. The first-order chi connectivity index (χ1) is 15.6. The average molecular weight is 468 g/mol. The summed E-state index contributed by atoms with van der Waals surface area (Å²) in [5.41, 5.74) is 2.12. The van der Waals surface area contributed by atoms with Crippen molar-refractivity contribution in [2.45, 2.75) is 4.34 Å². The van der Waals surface area contributed by atoms with Gasteiger partial charge < -0.3 is 15.4 Å². The Morgan fingerprint density at radius 2 is 1.69 bits per heavy atom. The lowest BCUT2D eigenvalue weighted by atomic mass is 10.3. The fraction of sp³-hybridized carbons (Fsp3) is 0.0870. The van der Waals surface area contributed by atoms with Gasteiger partial charge in [-0.25, -0.2) is 9.37 Å². The third kappa shape index (κ3) is 5.83. The van der Waals surface area contributed by atoms with Crippen LogP contribution in [0.1, 0.15) is 0 Å². The molecule has 0 aliphatic heterocycles. The number of carbonyl (C=O) groups is 2. The molecule has 32 heavy (non-hydrogen) atoms. The normalized spacial score (nSPS) is 10.7. The Labute approximate surface area is 191 Å². The van der Waals surface area contributed by atoms with E-state index in [-0.39, 0.29) is 24.0 Å². The lowest BCUT2D eigenvalue weighted by molar-refractivity contribution is -0.118. The minimum Gasteiger partial charge on any atom is -0.481 e. The number of para-hydroxylation sites is 2. The zero-order chi connectivity index (χ0) is 22.3. The van der Waals surface area contributed by atoms with Gasteiger partial charge in [0.2, 0.25) is 5.91 Å². The summed E-state index contributed by atoms with van der Waals surface area (Å²) in [6.07, 6.45) is 0. The topological polar surface area (TPSA) is 80.3 Å². The quantitative estimate of drug-likeness (QED) is 0.349. The number of thioether (sulfide) groups is 1. The molecule has 2 N–H and O–H groups in total. The van der Waals surface area contributed by atoms with Crippen LogP contribution in [-0.4, -0.2) is 29.2 Å². The van der Waals surface area contributed by atoms with Gasteiger partial charge in [-0.05, 0) is 42.5 Å². The van der Waals surface area contributed by atoms with E-state index in [0.717, 1.165) is 20.2 Å². The van der Waals surface area contributed by atoms with Crippen molar-refractivity contribution in [3.05, 3.63) is 78.6 Å². The number of nitrogens with one attached hydrogen (secondary N) is 2. The molecule has 6 nitrogen and oxygen atoms in total. The summed E-state index contributed by atoms with van der Waals surface area (Å²) >= 11 is 2.79. The van der Waals surface area contributed by atoms with Gasteiger partial charge >= 0.3 is 0 Å². The lowest BCUT2D eigenvalue weighted by Crippen LogP contribution is -2.20. The summed E-state index contributed by atoms with van der Waals surface area (Å²) in [6, 6.07) is 20.5. The van der Waals surface area contributed by atoms with Crippen molar-refractivity contribution in [2.24, 2.45) is 0 Å². The van der Waals surface area contributed by atoms with Crippen LogP contribution in [0.4, 0.5) is 15.8 Å². The molecule has 162 valence electrons. The van der Waals surface area contributed by atoms with Gasteiger partial charge in [-0.15, -0.1) is 11.3 Å². The summed E-state index contributed by atoms with van der Waals surface area (Å²) in [6.45, 7) is -0.306. The Morgan fingerprint density at radius 1 is 0.938 bits per heavy atom. The predicted octanol–water partition coefficient (Wildman–Crippen LogP) is 5.18. The van der Waals surface area contributed by atoms with Gasteiger partial charge in [0.1, 0.15) is 0 Å². The third-order valence-electron chi connectivity index (χ3n) is 4.23. The number of carbonyl (C=O) groups excluding carboxylic acids is 2. The highest BCUT2D eigenvalue weighted by Crippen LogP contribution is 2.31. The molecule has 0 fully saturated rings. The van der Waals surface area contributed by atoms with Crippen molar-refractivity contribution >= 4 is 56.5 Å². The summed E-state index contributed by atoms with van der Waals surface area (Å²) in [5, 5.41) is 5.57. The number of thiazole rings is 1. The molecular weight excluding hydrogens is 449 g/mol. The molecule has 0 atom stereocenters. The van der Waals surface area contributed by atoms with Crippen molar-refractivity contribution in [2.75, 3.05) is 23.0 Å². The average Bonchev–Trinajstić information content (AvgIpc) is 3.20. The Hall–Kier alpha value is -3.43. The zero-order valence-corrected chi connectivity index (χ0v) is 18.3. The van der Waals surface area contributed by atoms with Crippen LogP contribution in [0.2, 0.25) is 0 Å². The van der Waals surface area contributed by atoms with E-state index < -0.39 is 11.7 Å². The molecule has 0 spiro atoms. The molecular formula is C23H18FN3O3S2. The second-order valence-corrected chi connectivity index (χ2v) is 8.89. The van der Waals surface area contributed by atoms with E-state index in [1.54, 1.807) is 24.3 Å². The molecule has 0 aliphatic rings. The van der Waals surface area contributed by atoms with Gasteiger partial charge in [-0.3, -0.25) is 9.59 Å². The smallest absolute Gasteiger partial charge is 0.262 e. The van der Waals surface area contributed by atoms with Crippen LogP contribution >= 0.6 is 23.1 Å². The summed E-state index contributed by atoms with van der Waals surface area (Å²) in [7, 11) is 0. The number of halogens is 1. The monoisotopic (exact) mass is 467 g/mol. The largest absolute Gasteiger partial charge is 0.481 e. The van der Waals surface area contributed by atoms with Crippen LogP contribution in [0.5, 0.6) is 5.75 Å². The number of anilines is 2. The van der Waals surface area contributed by atoms with Gasteiger partial charge in [-0.1, -0.05) is 42.1 Å². The SMILES string of the molecule is O=C(COc1ccccc1F)Nc1ccc2nc(SCC(=O)Nc3ccccc3)sc2c1. The highest BCUT2D eigenvalue weighted by molar-refractivity contribution is 8.01. The first-order valence-corrected chi connectivity index (χ1v) is 11.4. The van der Waals surface area contributed by atoms with Gasteiger partial charge in [0.15, 0.2) is 22.5 Å². The number of hydrogen-bond donors (Lipinski definition) is 2. The highest BCUT2D eigenvalue weighted by atomic mass is 32.2. The Morgan fingerprint density at radius 3 is 2.50 bits per heavy atom. The molecule has 0 aliphatic carbocycles. The standard InChI is InChI=1S/C23H18FN3O3S2/c24-17-8-4-5-9-19(17)30-13-21(28)26-16-10-11-18-20(12-16)32-23(27-18)31-14-22(29)25-15-6-2-1-3-7-15/h1-12H,13-14H2,(H,25,29)(H,26,28). The van der Waals surface area contributed by atoms with E-state index in [2.05, 4.69) is 15.6 Å². The van der Waals surface area contributed by atoms with Crippen molar-refractivity contribution in [3.8, 4) is 5.75 Å². The van der Waals surface area contributed by atoms with Crippen LogP contribution in [0.3, 0.4) is 0 Å². The summed E-state index contributed by atoms with van der Waals surface area (Å²) in [5.74, 6) is -0.758. The van der Waals surface area contributed by atoms with E-state index in [4.69, 9.17) is 4.74 Å². The predicted molar refractivity (Wildman–Crippen MR) is 126 cm³/mol. The maximum absolute atomic E-state index is 13.6. The van der Waals surface area contributed by atoms with Crippen LogP contribution in [0, 0.1) is 5.82 Å². The Bertz CT molecular complexity index is 1250. The van der Waals surface area contributed by atoms with E-state index in [9.17, 15) is 14.0 Å². The number of benzene rings is 3. The minimum atomic E-state index is -0.520. The zero-order valence-electron chi connectivity index (χ0n) is 16.7. The molecule has 4 aromatic rings. The minimum absolute atomic E-state index is 0.0264. The van der Waals surface area contributed by atoms with Crippen LogP contribution in [-0.2, 0) is 9.59 Å². The second-order valence-electron chi connectivity index (χ2n) is 6.63. The van der Waals surface area contributed by atoms with Gasteiger partial charge in [0, 0.05) is 11.4 Å². The number of nitrogens with zero attached hydrogens (tertiary/aromatic N) is 1. The van der Waals surface area contributed by atoms with Crippen molar-refractivity contribution in [1.29, 1.82) is 0 Å². The fourth-order valence-corrected chi connectivity index (χ4v) is 4.70. The first-order valence-electron chi connectivity index (χ1n) is 9.62. The molecule has 2 amide bonds. The van der Waals surface area contributed by atoms with Crippen LogP contribution in [0.15, 0.2) is 77.1 Å². The number of hydrogen-bond acceptors (Lipinski definition) is 6. The lowest BCUT2D eigenvalue weighted by Gasteiger charge is -2.08. The molecule has 0 saturated heterocycles. The van der Waals surface area contributed by atoms with E-state index in [0.29, 0.717) is 5.69 Å². The molecule has 1 aromatic heterocycles. The molecule has 0 saturated carbocycles. The Kier molecular flexibility index (Phi) is 6.98. The molecule has 0 unspecified atom stereocenters. The molecule has 0 radical (unpaired) electrons. The number of fused-ring (bicyclic) bond motifs is 1. The maximum atomic E-state index is 13.6. The van der Waals surface area contributed by atoms with Gasteiger partial charge in [0.25, 0.3) is 5.91 Å². The number of aromatic nitrogens is 1. The molecule has 3 aromatic carbocycles. The molecule has 9 heteroatoms. The van der Waals surface area contributed by atoms with Crippen LogP contribution < -0.4 is 15.4 Å². The summed E-state index contributed by atoms with van der Waals surface area (Å²) in [4.78, 5) is 28.8. The maximum Gasteiger partial charge on any atom is 0.262 e.